The van der Waals surface area contributed by atoms with Crippen LogP contribution in [0.15, 0.2) is 0 Å². The molecule has 0 aromatic carbocycles. The number of ether oxygens (including phenoxy) is 2. The summed E-state index contributed by atoms with van der Waals surface area (Å²) in [6.45, 7) is 3.74. The van der Waals surface area contributed by atoms with Crippen molar-refractivity contribution in [3.63, 3.8) is 0 Å². The minimum Gasteiger partial charge on any atom is -0.394 e. The molecule has 7 unspecified atom stereocenters. The Balaban J connectivity index is 2.20. The van der Waals surface area contributed by atoms with Crippen LogP contribution >= 0.6 is 0 Å². The van der Waals surface area contributed by atoms with Gasteiger partial charge in [-0.05, 0) is 12.8 Å². The second-order valence-electron chi connectivity index (χ2n) is 14.4. The van der Waals surface area contributed by atoms with Crippen molar-refractivity contribution in [2.45, 2.75) is 230 Å². The first-order valence-electron chi connectivity index (χ1n) is 20.2. The Kier molecular flexibility index (Phi) is 29.2. The molecule has 48 heavy (non-hydrogen) atoms. The molecule has 1 saturated heterocycles. The molecule has 0 saturated carbocycles. The Morgan fingerprint density at radius 3 is 1.48 bits per heavy atom. The lowest BCUT2D eigenvalue weighted by atomic mass is 9.99. The van der Waals surface area contributed by atoms with E-state index in [1.165, 1.54) is 109 Å². The molecule has 9 nitrogen and oxygen atoms in total. The molecule has 0 radical (unpaired) electrons. The maximum absolute atomic E-state index is 12.8. The molecular formula is C39H77NO8. The van der Waals surface area contributed by atoms with E-state index in [9.17, 15) is 30.3 Å². The molecule has 1 fully saturated rings. The zero-order valence-corrected chi connectivity index (χ0v) is 31.0. The van der Waals surface area contributed by atoms with E-state index in [-0.39, 0.29) is 12.5 Å². The van der Waals surface area contributed by atoms with E-state index in [0.717, 1.165) is 51.4 Å². The van der Waals surface area contributed by atoms with E-state index in [1.807, 2.05) is 0 Å². The predicted octanol–water partition coefficient (Wildman–Crippen LogP) is 7.22. The summed E-state index contributed by atoms with van der Waals surface area (Å²) in [5.41, 5.74) is 0. The van der Waals surface area contributed by atoms with Crippen LogP contribution in [0.4, 0.5) is 0 Å². The summed E-state index contributed by atoms with van der Waals surface area (Å²) < 4.78 is 11.1. The molecule has 0 bridgehead atoms. The molecule has 0 aromatic rings. The van der Waals surface area contributed by atoms with Crippen molar-refractivity contribution >= 4 is 5.91 Å². The molecule has 1 aliphatic rings. The van der Waals surface area contributed by atoms with E-state index in [4.69, 9.17) is 9.47 Å². The SMILES string of the molecule is CCCCCCCCCCCCCCCCCCCCCCC(=O)NC(COC1OC(CO)C(O)C(O)C1O)C(O)CCCCCCC. The third kappa shape index (κ3) is 22.1. The van der Waals surface area contributed by atoms with Gasteiger partial charge < -0.3 is 40.3 Å². The number of carbonyl (C=O) groups is 1. The van der Waals surface area contributed by atoms with E-state index in [0.29, 0.717) is 12.8 Å². The first-order valence-corrected chi connectivity index (χ1v) is 20.2. The highest BCUT2D eigenvalue weighted by Crippen LogP contribution is 2.23. The molecule has 0 aromatic heterocycles. The number of carbonyl (C=O) groups excluding carboxylic acids is 1. The van der Waals surface area contributed by atoms with Gasteiger partial charge in [-0.3, -0.25) is 4.79 Å². The molecule has 9 heteroatoms. The van der Waals surface area contributed by atoms with Crippen molar-refractivity contribution in [1.29, 1.82) is 0 Å². The van der Waals surface area contributed by atoms with Gasteiger partial charge in [0.05, 0.1) is 25.4 Å². The lowest BCUT2D eigenvalue weighted by Crippen LogP contribution is -2.60. The van der Waals surface area contributed by atoms with Gasteiger partial charge in [-0.15, -0.1) is 0 Å². The third-order valence-electron chi connectivity index (χ3n) is 9.96. The fourth-order valence-electron chi connectivity index (χ4n) is 6.63. The number of aliphatic hydroxyl groups excluding tert-OH is 5. The molecule has 7 atom stereocenters. The van der Waals surface area contributed by atoms with Crippen LogP contribution in [0, 0.1) is 0 Å². The van der Waals surface area contributed by atoms with E-state index < -0.39 is 49.5 Å². The van der Waals surface area contributed by atoms with Crippen LogP contribution in [-0.2, 0) is 14.3 Å². The van der Waals surface area contributed by atoms with Crippen LogP contribution in [0.5, 0.6) is 0 Å². The van der Waals surface area contributed by atoms with Gasteiger partial charge in [0, 0.05) is 6.42 Å². The number of aliphatic hydroxyl groups is 5. The quantitative estimate of drug-likeness (QED) is 0.0396. The first-order chi connectivity index (χ1) is 23.3. The molecular weight excluding hydrogens is 610 g/mol. The largest absolute Gasteiger partial charge is 0.394 e. The topological polar surface area (TPSA) is 149 Å². The third-order valence-corrected chi connectivity index (χ3v) is 9.96. The molecule has 0 aliphatic carbocycles. The van der Waals surface area contributed by atoms with Crippen LogP contribution in [0.25, 0.3) is 0 Å². The number of nitrogens with one attached hydrogen (secondary N) is 1. The molecule has 1 amide bonds. The Morgan fingerprint density at radius 1 is 0.625 bits per heavy atom. The summed E-state index contributed by atoms with van der Waals surface area (Å²) in [5, 5.41) is 53.7. The second kappa shape index (κ2) is 31.0. The Bertz CT molecular complexity index is 726. The first kappa shape index (κ1) is 45.2. The van der Waals surface area contributed by atoms with Crippen LogP contribution in [0.1, 0.15) is 187 Å². The highest BCUT2D eigenvalue weighted by molar-refractivity contribution is 5.76. The molecule has 1 heterocycles. The second-order valence-corrected chi connectivity index (χ2v) is 14.4. The zero-order valence-electron chi connectivity index (χ0n) is 31.0. The van der Waals surface area contributed by atoms with Crippen molar-refractivity contribution in [2.75, 3.05) is 13.2 Å². The lowest BCUT2D eigenvalue weighted by molar-refractivity contribution is -0.302. The molecule has 0 spiro atoms. The summed E-state index contributed by atoms with van der Waals surface area (Å²) in [6.07, 6.45) is 24.5. The van der Waals surface area contributed by atoms with Gasteiger partial charge in [-0.2, -0.15) is 0 Å². The molecule has 286 valence electrons. The number of amides is 1. The molecule has 1 rings (SSSR count). The van der Waals surface area contributed by atoms with Gasteiger partial charge >= 0.3 is 0 Å². The number of unbranched alkanes of at least 4 members (excludes halogenated alkanes) is 23. The van der Waals surface area contributed by atoms with Crippen LogP contribution in [-0.4, -0.2) is 87.5 Å². The van der Waals surface area contributed by atoms with E-state index in [2.05, 4.69) is 19.2 Å². The standard InChI is InChI=1S/C39H77NO8/c1-3-5-7-9-10-11-12-13-14-15-16-17-18-19-20-21-22-23-25-27-29-35(43)40-32(33(42)28-26-24-8-6-4-2)31-47-39-38(46)37(45)36(44)34(30-41)48-39/h32-34,36-39,41-42,44-46H,3-31H2,1-2H3,(H,40,43). The maximum Gasteiger partial charge on any atom is 0.220 e. The lowest BCUT2D eigenvalue weighted by Gasteiger charge is -2.40. The van der Waals surface area contributed by atoms with E-state index >= 15 is 0 Å². The van der Waals surface area contributed by atoms with Crippen LogP contribution in [0.3, 0.4) is 0 Å². The van der Waals surface area contributed by atoms with Crippen molar-refractivity contribution in [1.82, 2.24) is 5.32 Å². The average molecular weight is 688 g/mol. The van der Waals surface area contributed by atoms with Crippen LogP contribution in [0.2, 0.25) is 0 Å². The Labute approximate surface area is 294 Å². The summed E-state index contributed by atoms with van der Waals surface area (Å²) in [6, 6.07) is -0.707. The zero-order chi connectivity index (χ0) is 35.2. The van der Waals surface area contributed by atoms with Crippen molar-refractivity contribution in [2.24, 2.45) is 0 Å². The summed E-state index contributed by atoms with van der Waals surface area (Å²) in [4.78, 5) is 12.8. The Morgan fingerprint density at radius 2 is 1.04 bits per heavy atom. The van der Waals surface area contributed by atoms with Crippen molar-refractivity contribution in [3.05, 3.63) is 0 Å². The summed E-state index contributed by atoms with van der Waals surface area (Å²) in [7, 11) is 0. The number of rotatable bonds is 33. The van der Waals surface area contributed by atoms with Gasteiger partial charge in [-0.25, -0.2) is 0 Å². The van der Waals surface area contributed by atoms with E-state index in [1.54, 1.807) is 0 Å². The predicted molar refractivity (Wildman–Crippen MR) is 194 cm³/mol. The highest BCUT2D eigenvalue weighted by Gasteiger charge is 2.44. The van der Waals surface area contributed by atoms with Crippen molar-refractivity contribution in [3.8, 4) is 0 Å². The Hall–Kier alpha value is -0.810. The number of hydrogen-bond acceptors (Lipinski definition) is 8. The smallest absolute Gasteiger partial charge is 0.220 e. The van der Waals surface area contributed by atoms with Crippen molar-refractivity contribution < 1.29 is 39.8 Å². The highest BCUT2D eigenvalue weighted by atomic mass is 16.7. The van der Waals surface area contributed by atoms with Gasteiger partial charge in [-0.1, -0.05) is 168 Å². The fraction of sp³-hybridized carbons (Fsp3) is 0.974. The fourth-order valence-corrected chi connectivity index (χ4v) is 6.63. The minimum absolute atomic E-state index is 0.135. The number of hydrogen-bond donors (Lipinski definition) is 6. The van der Waals surface area contributed by atoms with Gasteiger partial charge in [0.25, 0.3) is 0 Å². The minimum atomic E-state index is -1.54. The maximum atomic E-state index is 12.8. The molecule has 6 N–H and O–H groups in total. The summed E-state index contributed by atoms with van der Waals surface area (Å²) in [5.74, 6) is -0.148. The van der Waals surface area contributed by atoms with Gasteiger partial charge in [0.2, 0.25) is 5.91 Å². The van der Waals surface area contributed by atoms with Gasteiger partial charge in [0.15, 0.2) is 6.29 Å². The normalized spacial score (nSPS) is 22.5. The average Bonchev–Trinajstić information content (AvgIpc) is 3.08. The molecule has 1 aliphatic heterocycles. The summed E-state index contributed by atoms with van der Waals surface area (Å²) >= 11 is 0. The van der Waals surface area contributed by atoms with Gasteiger partial charge in [0.1, 0.15) is 24.4 Å². The monoisotopic (exact) mass is 688 g/mol. The van der Waals surface area contributed by atoms with Crippen LogP contribution < -0.4 is 5.32 Å².